The Morgan fingerprint density at radius 1 is 1.14 bits per heavy atom. The zero-order valence-corrected chi connectivity index (χ0v) is 14.5. The van der Waals surface area contributed by atoms with Gasteiger partial charge in [0.2, 0.25) is 0 Å². The quantitative estimate of drug-likeness (QED) is 0.779. The maximum absolute atomic E-state index is 10.2. The lowest BCUT2D eigenvalue weighted by molar-refractivity contribution is 0.174. The van der Waals surface area contributed by atoms with Gasteiger partial charge in [0.1, 0.15) is 5.75 Å². The van der Waals surface area contributed by atoms with E-state index in [1.807, 2.05) is 62.4 Å². The van der Waals surface area contributed by atoms with Crippen LogP contribution >= 0.6 is 15.9 Å². The molecule has 118 valence electrons. The van der Waals surface area contributed by atoms with Gasteiger partial charge in [0.15, 0.2) is 0 Å². The Hall–Kier alpha value is -1.36. The highest BCUT2D eigenvalue weighted by Crippen LogP contribution is 2.24. The van der Waals surface area contributed by atoms with Crippen LogP contribution in [0.25, 0.3) is 0 Å². The number of ether oxygens (including phenoxy) is 1. The normalized spacial score (nSPS) is 12.4. The summed E-state index contributed by atoms with van der Waals surface area (Å²) < 4.78 is 6.84. The third-order valence-electron chi connectivity index (χ3n) is 3.22. The minimum atomic E-state index is -0.511. The van der Waals surface area contributed by atoms with Crippen molar-refractivity contribution >= 4 is 15.9 Å². The molecule has 0 aromatic heterocycles. The highest BCUT2D eigenvalue weighted by atomic mass is 79.9. The van der Waals surface area contributed by atoms with Gasteiger partial charge in [-0.2, -0.15) is 0 Å². The first kappa shape index (κ1) is 17.0. The molecule has 0 heterocycles. The molecule has 2 rings (SSSR count). The molecule has 0 aliphatic heterocycles. The molecule has 0 bridgehead atoms. The van der Waals surface area contributed by atoms with Crippen LogP contribution in [0.2, 0.25) is 0 Å². The van der Waals surface area contributed by atoms with Crippen LogP contribution in [-0.4, -0.2) is 17.8 Å². The van der Waals surface area contributed by atoms with E-state index in [4.69, 9.17) is 4.74 Å². The predicted octanol–water partition coefficient (Wildman–Crippen LogP) is 4.06. The van der Waals surface area contributed by atoms with Crippen molar-refractivity contribution in [3.05, 3.63) is 64.1 Å². The third-order valence-corrected chi connectivity index (χ3v) is 3.72. The van der Waals surface area contributed by atoms with Crippen molar-refractivity contribution < 1.29 is 9.84 Å². The lowest BCUT2D eigenvalue weighted by Crippen LogP contribution is -2.21. The van der Waals surface area contributed by atoms with E-state index >= 15 is 0 Å². The Morgan fingerprint density at radius 3 is 2.55 bits per heavy atom. The molecule has 2 N–H and O–H groups in total. The van der Waals surface area contributed by atoms with E-state index in [0.29, 0.717) is 13.1 Å². The number of benzene rings is 2. The number of nitrogens with one attached hydrogen (secondary N) is 1. The fourth-order valence-corrected chi connectivity index (χ4v) is 2.60. The fourth-order valence-electron chi connectivity index (χ4n) is 2.19. The van der Waals surface area contributed by atoms with Crippen molar-refractivity contribution in [1.82, 2.24) is 5.32 Å². The average molecular weight is 364 g/mol. The zero-order chi connectivity index (χ0) is 15.9. The highest BCUT2D eigenvalue weighted by Gasteiger charge is 2.09. The zero-order valence-electron chi connectivity index (χ0n) is 12.9. The summed E-state index contributed by atoms with van der Waals surface area (Å²) in [6, 6.07) is 15.6. The SMILES string of the molecule is CC(C)Oc1ccc(Br)cc1CNC[C@H](O)c1ccccc1. The van der Waals surface area contributed by atoms with Gasteiger partial charge < -0.3 is 15.2 Å². The molecule has 0 unspecified atom stereocenters. The molecule has 22 heavy (non-hydrogen) atoms. The fraction of sp³-hybridized carbons (Fsp3) is 0.333. The Labute approximate surface area is 140 Å². The van der Waals surface area contributed by atoms with Crippen molar-refractivity contribution in [2.75, 3.05) is 6.54 Å². The van der Waals surface area contributed by atoms with Gasteiger partial charge in [0.25, 0.3) is 0 Å². The van der Waals surface area contributed by atoms with Gasteiger partial charge in [-0.05, 0) is 37.6 Å². The molecule has 0 saturated heterocycles. The van der Waals surface area contributed by atoms with Gasteiger partial charge in [-0.1, -0.05) is 46.3 Å². The van der Waals surface area contributed by atoms with Crippen molar-refractivity contribution in [2.45, 2.75) is 32.6 Å². The van der Waals surface area contributed by atoms with Gasteiger partial charge in [0.05, 0.1) is 12.2 Å². The second kappa shape index (κ2) is 8.32. The summed E-state index contributed by atoms with van der Waals surface area (Å²) in [5.41, 5.74) is 1.99. The molecular weight excluding hydrogens is 342 g/mol. The maximum atomic E-state index is 10.2. The molecule has 1 atom stereocenters. The van der Waals surface area contributed by atoms with E-state index < -0.39 is 6.10 Å². The van der Waals surface area contributed by atoms with Crippen molar-refractivity contribution in [2.24, 2.45) is 0 Å². The number of hydrogen-bond donors (Lipinski definition) is 2. The van der Waals surface area contributed by atoms with E-state index in [1.54, 1.807) is 0 Å². The van der Waals surface area contributed by atoms with E-state index in [9.17, 15) is 5.11 Å². The molecule has 2 aromatic carbocycles. The summed E-state index contributed by atoms with van der Waals surface area (Å²) in [5.74, 6) is 0.875. The Kier molecular flexibility index (Phi) is 6.43. The molecule has 3 nitrogen and oxygen atoms in total. The molecule has 0 radical (unpaired) electrons. The summed E-state index contributed by atoms with van der Waals surface area (Å²) >= 11 is 3.49. The lowest BCUT2D eigenvalue weighted by Gasteiger charge is -2.16. The Bertz CT molecular complexity index is 587. The van der Waals surface area contributed by atoms with Gasteiger partial charge in [-0.15, -0.1) is 0 Å². The number of hydrogen-bond acceptors (Lipinski definition) is 3. The molecule has 0 aliphatic rings. The van der Waals surface area contributed by atoms with Crippen LogP contribution in [0.1, 0.15) is 31.1 Å². The molecular formula is C18H22BrNO2. The Morgan fingerprint density at radius 2 is 1.86 bits per heavy atom. The van der Waals surface area contributed by atoms with E-state index in [0.717, 1.165) is 21.3 Å². The first-order chi connectivity index (χ1) is 10.6. The molecule has 0 amide bonds. The summed E-state index contributed by atoms with van der Waals surface area (Å²) in [6.45, 7) is 5.17. The highest BCUT2D eigenvalue weighted by molar-refractivity contribution is 9.10. The van der Waals surface area contributed by atoms with Crippen LogP contribution in [0.15, 0.2) is 53.0 Å². The van der Waals surface area contributed by atoms with Crippen LogP contribution in [-0.2, 0) is 6.54 Å². The molecule has 0 saturated carbocycles. The number of rotatable bonds is 7. The van der Waals surface area contributed by atoms with E-state index in [-0.39, 0.29) is 6.10 Å². The molecule has 0 aliphatic carbocycles. The van der Waals surface area contributed by atoms with E-state index in [2.05, 4.69) is 21.2 Å². The van der Waals surface area contributed by atoms with Gasteiger partial charge in [0, 0.05) is 23.1 Å². The molecule has 2 aromatic rings. The average Bonchev–Trinajstić information content (AvgIpc) is 2.50. The van der Waals surface area contributed by atoms with Crippen molar-refractivity contribution in [3.8, 4) is 5.75 Å². The topological polar surface area (TPSA) is 41.5 Å². The molecule has 0 fully saturated rings. The molecule has 0 spiro atoms. The van der Waals surface area contributed by atoms with E-state index in [1.165, 1.54) is 0 Å². The van der Waals surface area contributed by atoms with Gasteiger partial charge in [-0.3, -0.25) is 0 Å². The standard InChI is InChI=1S/C18H22BrNO2/c1-13(2)22-18-9-8-16(19)10-15(18)11-20-12-17(21)14-6-4-3-5-7-14/h3-10,13,17,20-21H,11-12H2,1-2H3/t17-/m0/s1. The summed E-state index contributed by atoms with van der Waals surface area (Å²) in [6.07, 6.45) is -0.377. The van der Waals surface area contributed by atoms with Crippen LogP contribution in [0.3, 0.4) is 0 Å². The van der Waals surface area contributed by atoms with Gasteiger partial charge >= 0.3 is 0 Å². The first-order valence-electron chi connectivity index (χ1n) is 7.45. The first-order valence-corrected chi connectivity index (χ1v) is 8.24. The predicted molar refractivity (Wildman–Crippen MR) is 93.0 cm³/mol. The molecule has 4 heteroatoms. The van der Waals surface area contributed by atoms with Crippen LogP contribution < -0.4 is 10.1 Å². The minimum Gasteiger partial charge on any atom is -0.491 e. The number of halogens is 1. The minimum absolute atomic E-state index is 0.134. The summed E-state index contributed by atoms with van der Waals surface area (Å²) in [7, 11) is 0. The summed E-state index contributed by atoms with van der Waals surface area (Å²) in [4.78, 5) is 0. The summed E-state index contributed by atoms with van der Waals surface area (Å²) in [5, 5.41) is 13.5. The largest absolute Gasteiger partial charge is 0.491 e. The number of aliphatic hydroxyl groups is 1. The smallest absolute Gasteiger partial charge is 0.124 e. The van der Waals surface area contributed by atoms with Gasteiger partial charge in [-0.25, -0.2) is 0 Å². The van der Waals surface area contributed by atoms with Crippen LogP contribution in [0.4, 0.5) is 0 Å². The monoisotopic (exact) mass is 363 g/mol. The van der Waals surface area contributed by atoms with Crippen molar-refractivity contribution in [3.63, 3.8) is 0 Å². The number of aliphatic hydroxyl groups excluding tert-OH is 1. The van der Waals surface area contributed by atoms with Crippen LogP contribution in [0, 0.1) is 0 Å². The van der Waals surface area contributed by atoms with Crippen molar-refractivity contribution in [1.29, 1.82) is 0 Å². The second-order valence-corrected chi connectivity index (χ2v) is 6.39. The van der Waals surface area contributed by atoms with Crippen LogP contribution in [0.5, 0.6) is 5.75 Å². The lowest BCUT2D eigenvalue weighted by atomic mass is 10.1. The Balaban J connectivity index is 1.95. The second-order valence-electron chi connectivity index (χ2n) is 5.48. The maximum Gasteiger partial charge on any atom is 0.124 e. The third kappa shape index (κ3) is 5.13.